The molecule has 0 unspecified atom stereocenters. The Hall–Kier alpha value is -2.96. The normalized spacial score (nSPS) is 10.2. The molecule has 0 aromatic heterocycles. The summed E-state index contributed by atoms with van der Waals surface area (Å²) in [5.41, 5.74) is 1.34. The highest BCUT2D eigenvalue weighted by Gasteiger charge is 2.07. The molecule has 0 heterocycles. The van der Waals surface area contributed by atoms with Gasteiger partial charge < -0.3 is 15.4 Å². The number of carbonyl (C=O) groups excluding carboxylic acids is 2. The first-order chi connectivity index (χ1) is 14.1. The number of halogens is 1. The van der Waals surface area contributed by atoms with Gasteiger partial charge in [0.05, 0.1) is 5.75 Å². The number of hydrogen-bond donors (Lipinski definition) is 2. The minimum absolute atomic E-state index is 0.0785. The number of ether oxygens (including phenoxy) is 1. The van der Waals surface area contributed by atoms with E-state index in [9.17, 15) is 9.59 Å². The van der Waals surface area contributed by atoms with Gasteiger partial charge in [-0.05, 0) is 54.6 Å². The van der Waals surface area contributed by atoms with Gasteiger partial charge in [0.15, 0.2) is 6.61 Å². The molecule has 0 atom stereocenters. The second-order valence-corrected chi connectivity index (χ2v) is 7.51. The predicted molar refractivity (Wildman–Crippen MR) is 118 cm³/mol. The number of amides is 2. The molecule has 5 nitrogen and oxygen atoms in total. The zero-order chi connectivity index (χ0) is 20.5. The van der Waals surface area contributed by atoms with Crippen molar-refractivity contribution in [3.8, 4) is 5.75 Å². The van der Waals surface area contributed by atoms with E-state index in [1.165, 1.54) is 11.8 Å². The highest BCUT2D eigenvalue weighted by atomic mass is 35.5. The molecular formula is C22H19ClN2O3S. The Labute approximate surface area is 178 Å². The van der Waals surface area contributed by atoms with Gasteiger partial charge in [-0.15, -0.1) is 11.8 Å². The zero-order valence-electron chi connectivity index (χ0n) is 15.4. The van der Waals surface area contributed by atoms with Gasteiger partial charge in [-0.25, -0.2) is 0 Å². The van der Waals surface area contributed by atoms with Gasteiger partial charge in [0.25, 0.3) is 5.91 Å². The van der Waals surface area contributed by atoms with Crippen LogP contribution in [0.1, 0.15) is 0 Å². The summed E-state index contributed by atoms with van der Waals surface area (Å²) in [5, 5.41) is 6.22. The van der Waals surface area contributed by atoms with E-state index in [0.717, 1.165) is 4.90 Å². The molecule has 0 saturated carbocycles. The summed E-state index contributed by atoms with van der Waals surface area (Å²) in [6.45, 7) is -0.0785. The first-order valence-corrected chi connectivity index (χ1v) is 10.2. The summed E-state index contributed by atoms with van der Waals surface area (Å²) in [4.78, 5) is 25.0. The number of nitrogens with one attached hydrogen (secondary N) is 2. The fourth-order valence-electron chi connectivity index (χ4n) is 2.41. The minimum Gasteiger partial charge on any atom is -0.484 e. The van der Waals surface area contributed by atoms with Crippen LogP contribution < -0.4 is 15.4 Å². The van der Waals surface area contributed by atoms with E-state index < -0.39 is 0 Å². The van der Waals surface area contributed by atoms with Crippen molar-refractivity contribution in [1.29, 1.82) is 0 Å². The van der Waals surface area contributed by atoms with Crippen LogP contribution >= 0.6 is 23.4 Å². The molecule has 3 aromatic rings. The van der Waals surface area contributed by atoms with Crippen molar-refractivity contribution in [2.24, 2.45) is 0 Å². The smallest absolute Gasteiger partial charge is 0.262 e. The lowest BCUT2D eigenvalue weighted by Gasteiger charge is -2.09. The van der Waals surface area contributed by atoms with Crippen LogP contribution in [-0.4, -0.2) is 24.2 Å². The number of anilines is 2. The Morgan fingerprint density at radius 1 is 0.828 bits per heavy atom. The van der Waals surface area contributed by atoms with Crippen molar-refractivity contribution >= 4 is 46.6 Å². The molecule has 0 fully saturated rings. The highest BCUT2D eigenvalue weighted by molar-refractivity contribution is 8.00. The Morgan fingerprint density at radius 3 is 2.31 bits per heavy atom. The molecule has 0 radical (unpaired) electrons. The fraction of sp³-hybridized carbons (Fsp3) is 0.0909. The maximum atomic E-state index is 12.1. The summed E-state index contributed by atoms with van der Waals surface area (Å²) in [6.07, 6.45) is 0. The maximum absolute atomic E-state index is 12.1. The van der Waals surface area contributed by atoms with Gasteiger partial charge in [0.1, 0.15) is 5.75 Å². The van der Waals surface area contributed by atoms with Gasteiger partial charge in [-0.2, -0.15) is 0 Å². The topological polar surface area (TPSA) is 67.4 Å². The SMILES string of the molecule is O=C(COc1ccccc1)Nc1cccc(SCC(=O)Nc2ccc(Cl)cc2)c1. The molecule has 7 heteroatoms. The van der Waals surface area contributed by atoms with Crippen molar-refractivity contribution in [2.75, 3.05) is 23.0 Å². The molecule has 0 aliphatic rings. The summed E-state index contributed by atoms with van der Waals surface area (Å²) in [5.74, 6) is 0.509. The van der Waals surface area contributed by atoms with Crippen LogP contribution in [0.25, 0.3) is 0 Å². The molecule has 0 aliphatic heterocycles. The lowest BCUT2D eigenvalue weighted by molar-refractivity contribution is -0.118. The number of benzene rings is 3. The van der Waals surface area contributed by atoms with Gasteiger partial charge in [-0.1, -0.05) is 35.9 Å². The average Bonchev–Trinajstić information content (AvgIpc) is 2.73. The number of para-hydroxylation sites is 1. The van der Waals surface area contributed by atoms with Crippen LogP contribution in [0.2, 0.25) is 5.02 Å². The number of carbonyl (C=O) groups is 2. The Morgan fingerprint density at radius 2 is 1.55 bits per heavy atom. The fourth-order valence-corrected chi connectivity index (χ4v) is 3.29. The van der Waals surface area contributed by atoms with E-state index in [0.29, 0.717) is 22.1 Å². The van der Waals surface area contributed by atoms with E-state index >= 15 is 0 Å². The molecule has 29 heavy (non-hydrogen) atoms. The largest absolute Gasteiger partial charge is 0.484 e. The molecule has 0 spiro atoms. The highest BCUT2D eigenvalue weighted by Crippen LogP contribution is 2.22. The van der Waals surface area contributed by atoms with Crippen molar-refractivity contribution in [3.63, 3.8) is 0 Å². The van der Waals surface area contributed by atoms with Crippen LogP contribution in [0.3, 0.4) is 0 Å². The Balaban J connectivity index is 1.46. The standard InChI is InChI=1S/C22H19ClN2O3S/c23-16-9-11-17(12-10-16)24-22(27)15-29-20-8-4-5-18(13-20)25-21(26)14-28-19-6-2-1-3-7-19/h1-13H,14-15H2,(H,24,27)(H,25,26). The number of hydrogen-bond acceptors (Lipinski definition) is 4. The molecule has 2 amide bonds. The summed E-state index contributed by atoms with van der Waals surface area (Å²) in [6, 6.07) is 23.4. The van der Waals surface area contributed by atoms with E-state index in [4.69, 9.17) is 16.3 Å². The molecule has 0 saturated heterocycles. The summed E-state index contributed by atoms with van der Waals surface area (Å²) < 4.78 is 5.43. The van der Waals surface area contributed by atoms with Gasteiger partial charge >= 0.3 is 0 Å². The third-order valence-electron chi connectivity index (χ3n) is 3.73. The average molecular weight is 427 g/mol. The van der Waals surface area contributed by atoms with Crippen molar-refractivity contribution < 1.29 is 14.3 Å². The molecular weight excluding hydrogens is 408 g/mol. The number of rotatable bonds is 8. The van der Waals surface area contributed by atoms with E-state index in [2.05, 4.69) is 10.6 Å². The molecule has 0 bridgehead atoms. The molecule has 0 aliphatic carbocycles. The lowest BCUT2D eigenvalue weighted by atomic mass is 10.3. The van der Waals surface area contributed by atoms with Crippen molar-refractivity contribution in [2.45, 2.75) is 4.90 Å². The zero-order valence-corrected chi connectivity index (χ0v) is 17.0. The molecule has 3 aromatic carbocycles. The van der Waals surface area contributed by atoms with Crippen LogP contribution in [0, 0.1) is 0 Å². The van der Waals surface area contributed by atoms with Crippen LogP contribution in [0.15, 0.2) is 83.8 Å². The Kier molecular flexibility index (Phi) is 7.55. The first kappa shape index (κ1) is 20.8. The molecule has 3 rings (SSSR count). The summed E-state index contributed by atoms with van der Waals surface area (Å²) in [7, 11) is 0. The van der Waals surface area contributed by atoms with Crippen molar-refractivity contribution in [1.82, 2.24) is 0 Å². The van der Waals surface area contributed by atoms with Gasteiger partial charge in [0.2, 0.25) is 5.91 Å². The third kappa shape index (κ3) is 7.18. The minimum atomic E-state index is -0.253. The van der Waals surface area contributed by atoms with Crippen molar-refractivity contribution in [3.05, 3.63) is 83.9 Å². The molecule has 148 valence electrons. The lowest BCUT2D eigenvalue weighted by Crippen LogP contribution is -2.20. The van der Waals surface area contributed by atoms with E-state index in [-0.39, 0.29) is 24.2 Å². The predicted octanol–water partition coefficient (Wildman–Crippen LogP) is 5.09. The Bertz CT molecular complexity index is 965. The van der Waals surface area contributed by atoms with E-state index in [1.54, 1.807) is 42.5 Å². The second kappa shape index (κ2) is 10.5. The van der Waals surface area contributed by atoms with Crippen LogP contribution in [0.4, 0.5) is 11.4 Å². The van der Waals surface area contributed by atoms with Gasteiger partial charge in [0, 0.05) is 21.3 Å². The first-order valence-electron chi connectivity index (χ1n) is 8.84. The second-order valence-electron chi connectivity index (χ2n) is 6.02. The maximum Gasteiger partial charge on any atom is 0.262 e. The third-order valence-corrected chi connectivity index (χ3v) is 4.97. The van der Waals surface area contributed by atoms with Gasteiger partial charge in [-0.3, -0.25) is 9.59 Å². The summed E-state index contributed by atoms with van der Waals surface area (Å²) >= 11 is 7.22. The van der Waals surface area contributed by atoms with Crippen LogP contribution in [0.5, 0.6) is 5.75 Å². The monoisotopic (exact) mass is 426 g/mol. The van der Waals surface area contributed by atoms with E-state index in [1.807, 2.05) is 36.4 Å². The quantitative estimate of drug-likeness (QED) is 0.492. The van der Waals surface area contributed by atoms with Crippen LogP contribution in [-0.2, 0) is 9.59 Å². The number of thioether (sulfide) groups is 1. The molecule has 2 N–H and O–H groups in total.